The summed E-state index contributed by atoms with van der Waals surface area (Å²) >= 11 is 0. The molecule has 0 bridgehead atoms. The van der Waals surface area contributed by atoms with Crippen LogP contribution in [0.5, 0.6) is 0 Å². The van der Waals surface area contributed by atoms with Crippen LogP contribution in [0, 0.1) is 0 Å². The highest BCUT2D eigenvalue weighted by atomic mass is 16.3. The number of aliphatic hydroxyl groups is 1. The fourth-order valence-corrected chi connectivity index (χ4v) is 2.02. The van der Waals surface area contributed by atoms with Gasteiger partial charge in [-0.2, -0.15) is 0 Å². The van der Waals surface area contributed by atoms with E-state index >= 15 is 0 Å². The van der Waals surface area contributed by atoms with Crippen LogP contribution in [0.3, 0.4) is 0 Å². The Hall–Kier alpha value is -1.36. The van der Waals surface area contributed by atoms with E-state index in [2.05, 4.69) is 20.2 Å². The standard InChI is InChI=1S/C12H20N4O/c1-3-13-10-8-11(15-9-14-10)16-6-4-12(2,17)5-7-16/h8-9,17H,3-7H2,1-2H3,(H,13,14,15). The van der Waals surface area contributed by atoms with E-state index in [1.54, 1.807) is 6.33 Å². The topological polar surface area (TPSA) is 61.3 Å². The number of rotatable bonds is 3. The van der Waals surface area contributed by atoms with Crippen molar-refractivity contribution in [2.45, 2.75) is 32.3 Å². The maximum atomic E-state index is 9.91. The van der Waals surface area contributed by atoms with Crippen LogP contribution in [-0.4, -0.2) is 40.3 Å². The van der Waals surface area contributed by atoms with Crippen LogP contribution in [0.25, 0.3) is 0 Å². The Balaban J connectivity index is 2.05. The van der Waals surface area contributed by atoms with Crippen LogP contribution in [0.1, 0.15) is 26.7 Å². The molecule has 17 heavy (non-hydrogen) atoms. The molecule has 0 aromatic carbocycles. The van der Waals surface area contributed by atoms with Crippen molar-refractivity contribution in [3.63, 3.8) is 0 Å². The average Bonchev–Trinajstić information content (AvgIpc) is 2.30. The van der Waals surface area contributed by atoms with E-state index in [0.717, 1.165) is 44.1 Å². The maximum absolute atomic E-state index is 9.91. The Kier molecular flexibility index (Phi) is 3.47. The predicted octanol–water partition coefficient (Wildman–Crippen LogP) is 1.26. The molecular formula is C12H20N4O. The van der Waals surface area contributed by atoms with Gasteiger partial charge in [0.05, 0.1) is 5.60 Å². The molecule has 1 aliphatic rings. The zero-order valence-electron chi connectivity index (χ0n) is 10.5. The van der Waals surface area contributed by atoms with E-state index in [-0.39, 0.29) is 0 Å². The van der Waals surface area contributed by atoms with Crippen LogP contribution < -0.4 is 10.2 Å². The zero-order valence-corrected chi connectivity index (χ0v) is 10.5. The van der Waals surface area contributed by atoms with Gasteiger partial charge in [-0.15, -0.1) is 0 Å². The Morgan fingerprint density at radius 1 is 1.41 bits per heavy atom. The molecule has 0 unspecified atom stereocenters. The molecule has 1 saturated heterocycles. The summed E-state index contributed by atoms with van der Waals surface area (Å²) in [5.41, 5.74) is -0.520. The third-order valence-corrected chi connectivity index (χ3v) is 3.18. The van der Waals surface area contributed by atoms with E-state index in [9.17, 15) is 5.11 Å². The highest BCUT2D eigenvalue weighted by Gasteiger charge is 2.27. The monoisotopic (exact) mass is 236 g/mol. The van der Waals surface area contributed by atoms with E-state index in [1.807, 2.05) is 19.9 Å². The fraction of sp³-hybridized carbons (Fsp3) is 0.667. The van der Waals surface area contributed by atoms with E-state index in [1.165, 1.54) is 0 Å². The molecule has 5 heteroatoms. The van der Waals surface area contributed by atoms with Crippen molar-refractivity contribution in [2.75, 3.05) is 29.9 Å². The molecular weight excluding hydrogens is 216 g/mol. The largest absolute Gasteiger partial charge is 0.390 e. The van der Waals surface area contributed by atoms with Gasteiger partial charge >= 0.3 is 0 Å². The molecule has 1 fully saturated rings. The molecule has 1 aromatic heterocycles. The van der Waals surface area contributed by atoms with E-state index in [0.29, 0.717) is 0 Å². The lowest BCUT2D eigenvalue weighted by Gasteiger charge is -2.36. The van der Waals surface area contributed by atoms with Gasteiger partial charge in [0, 0.05) is 25.7 Å². The second-order valence-electron chi connectivity index (χ2n) is 4.78. The van der Waals surface area contributed by atoms with Crippen LogP contribution in [0.2, 0.25) is 0 Å². The number of anilines is 2. The average molecular weight is 236 g/mol. The summed E-state index contributed by atoms with van der Waals surface area (Å²) in [4.78, 5) is 10.6. The maximum Gasteiger partial charge on any atom is 0.134 e. The highest BCUT2D eigenvalue weighted by molar-refractivity contribution is 5.48. The van der Waals surface area contributed by atoms with Crippen molar-refractivity contribution in [2.24, 2.45) is 0 Å². The molecule has 0 saturated carbocycles. The third kappa shape index (κ3) is 3.06. The smallest absolute Gasteiger partial charge is 0.134 e. The second-order valence-corrected chi connectivity index (χ2v) is 4.78. The van der Waals surface area contributed by atoms with Gasteiger partial charge in [-0.3, -0.25) is 0 Å². The SMILES string of the molecule is CCNc1cc(N2CCC(C)(O)CC2)ncn1. The Morgan fingerprint density at radius 2 is 2.12 bits per heavy atom. The molecule has 0 atom stereocenters. The van der Waals surface area contributed by atoms with Crippen molar-refractivity contribution in [1.29, 1.82) is 0 Å². The van der Waals surface area contributed by atoms with Gasteiger partial charge in [-0.1, -0.05) is 0 Å². The summed E-state index contributed by atoms with van der Waals surface area (Å²) in [5.74, 6) is 1.79. The Labute approximate surface area is 102 Å². The number of nitrogens with zero attached hydrogens (tertiary/aromatic N) is 3. The molecule has 94 valence electrons. The fourth-order valence-electron chi connectivity index (χ4n) is 2.02. The van der Waals surface area contributed by atoms with Crippen molar-refractivity contribution in [1.82, 2.24) is 9.97 Å². The summed E-state index contributed by atoms with van der Waals surface area (Å²) in [6.07, 6.45) is 3.15. The second kappa shape index (κ2) is 4.87. The highest BCUT2D eigenvalue weighted by Crippen LogP contribution is 2.25. The first-order valence-electron chi connectivity index (χ1n) is 6.14. The van der Waals surface area contributed by atoms with Gasteiger partial charge in [-0.05, 0) is 26.7 Å². The number of hydrogen-bond acceptors (Lipinski definition) is 5. The molecule has 5 nitrogen and oxygen atoms in total. The van der Waals surface area contributed by atoms with Crippen molar-refractivity contribution in [3.05, 3.63) is 12.4 Å². The van der Waals surface area contributed by atoms with Gasteiger partial charge in [0.25, 0.3) is 0 Å². The lowest BCUT2D eigenvalue weighted by molar-refractivity contribution is 0.0350. The first-order chi connectivity index (χ1) is 8.11. The lowest BCUT2D eigenvalue weighted by Crippen LogP contribution is -2.42. The van der Waals surface area contributed by atoms with Crippen LogP contribution >= 0.6 is 0 Å². The van der Waals surface area contributed by atoms with Crippen molar-refractivity contribution < 1.29 is 5.11 Å². The van der Waals surface area contributed by atoms with E-state index in [4.69, 9.17) is 0 Å². The minimum atomic E-state index is -0.520. The summed E-state index contributed by atoms with van der Waals surface area (Å²) in [7, 11) is 0. The molecule has 2 rings (SSSR count). The van der Waals surface area contributed by atoms with Gasteiger partial charge in [-0.25, -0.2) is 9.97 Å². The first-order valence-corrected chi connectivity index (χ1v) is 6.14. The summed E-state index contributed by atoms with van der Waals surface area (Å²) < 4.78 is 0. The van der Waals surface area contributed by atoms with Gasteiger partial charge in [0.1, 0.15) is 18.0 Å². The summed E-state index contributed by atoms with van der Waals surface area (Å²) in [6, 6.07) is 1.96. The summed E-state index contributed by atoms with van der Waals surface area (Å²) in [6.45, 7) is 6.48. The normalized spacial score (nSPS) is 19.1. The third-order valence-electron chi connectivity index (χ3n) is 3.18. The van der Waals surface area contributed by atoms with E-state index < -0.39 is 5.60 Å². The van der Waals surface area contributed by atoms with Gasteiger partial charge < -0.3 is 15.3 Å². The summed E-state index contributed by atoms with van der Waals surface area (Å²) in [5, 5.41) is 13.1. The predicted molar refractivity (Wildman–Crippen MR) is 68.3 cm³/mol. The molecule has 1 aliphatic heterocycles. The number of aromatic nitrogens is 2. The molecule has 0 radical (unpaired) electrons. The van der Waals surface area contributed by atoms with Crippen LogP contribution in [-0.2, 0) is 0 Å². The first kappa shape index (κ1) is 12.1. The van der Waals surface area contributed by atoms with Crippen LogP contribution in [0.4, 0.5) is 11.6 Å². The molecule has 2 N–H and O–H groups in total. The molecule has 1 aromatic rings. The van der Waals surface area contributed by atoms with Gasteiger partial charge in [0.15, 0.2) is 0 Å². The van der Waals surface area contributed by atoms with Crippen LogP contribution in [0.15, 0.2) is 12.4 Å². The van der Waals surface area contributed by atoms with Gasteiger partial charge in [0.2, 0.25) is 0 Å². The molecule has 0 spiro atoms. The number of piperidine rings is 1. The zero-order chi connectivity index (χ0) is 12.3. The molecule has 0 amide bonds. The van der Waals surface area contributed by atoms with Crippen molar-refractivity contribution >= 4 is 11.6 Å². The Bertz CT molecular complexity index is 371. The molecule has 2 heterocycles. The minimum absolute atomic E-state index is 0.520. The number of hydrogen-bond donors (Lipinski definition) is 2. The lowest BCUT2D eigenvalue weighted by atomic mass is 9.94. The quantitative estimate of drug-likeness (QED) is 0.827. The Morgan fingerprint density at radius 3 is 2.76 bits per heavy atom. The minimum Gasteiger partial charge on any atom is -0.390 e. The number of nitrogens with one attached hydrogen (secondary N) is 1. The van der Waals surface area contributed by atoms with Crippen molar-refractivity contribution in [3.8, 4) is 0 Å². The molecule has 0 aliphatic carbocycles.